The summed E-state index contributed by atoms with van der Waals surface area (Å²) in [5, 5.41) is 0. The monoisotopic (exact) mass is 439 g/mol. The highest BCUT2D eigenvalue weighted by Gasteiger charge is 2.38. The number of likely N-dealkylation sites (N-methyl/N-ethyl adjacent to an activating group) is 1. The van der Waals surface area contributed by atoms with E-state index in [0.29, 0.717) is 34.3 Å². The Kier molecular flexibility index (Phi) is 4.76. The van der Waals surface area contributed by atoms with Crippen LogP contribution < -0.4 is 5.73 Å². The fourth-order valence-electron chi connectivity index (χ4n) is 2.36. The Balaban J connectivity index is 2.44. The van der Waals surface area contributed by atoms with E-state index in [2.05, 4.69) is 36.8 Å². The Labute approximate surface area is 142 Å². The van der Waals surface area contributed by atoms with Gasteiger partial charge in [0, 0.05) is 39.8 Å². The van der Waals surface area contributed by atoms with Gasteiger partial charge in [-0.3, -0.25) is 4.90 Å². The molecule has 0 amide bonds. The predicted octanol–water partition coefficient (Wildman–Crippen LogP) is 2.51. The molecule has 2 N–H and O–H groups in total. The largest absolute Gasteiger partial charge is 0.399 e. The zero-order valence-corrected chi connectivity index (χ0v) is 16.2. The average Bonchev–Trinajstić information content (AvgIpc) is 2.30. The second-order valence-corrected chi connectivity index (χ2v) is 9.47. The van der Waals surface area contributed by atoms with E-state index in [1.54, 1.807) is 12.1 Å². The van der Waals surface area contributed by atoms with Gasteiger partial charge in [-0.25, -0.2) is 8.42 Å². The summed E-state index contributed by atoms with van der Waals surface area (Å²) in [5.41, 5.74) is 6.05. The Bertz CT molecular complexity index is 638. The highest BCUT2D eigenvalue weighted by Crippen LogP contribution is 2.35. The molecule has 1 aromatic rings. The van der Waals surface area contributed by atoms with Crippen molar-refractivity contribution >= 4 is 47.6 Å². The van der Waals surface area contributed by atoms with Crippen molar-refractivity contribution < 1.29 is 8.42 Å². The molecule has 2 rings (SSSR count). The zero-order chi connectivity index (χ0) is 16.0. The van der Waals surface area contributed by atoms with Crippen LogP contribution in [0.3, 0.4) is 0 Å². The first-order chi connectivity index (χ1) is 9.55. The maximum atomic E-state index is 12.9. The Morgan fingerprint density at radius 1 is 1.19 bits per heavy atom. The van der Waals surface area contributed by atoms with Crippen LogP contribution in [0.2, 0.25) is 0 Å². The van der Waals surface area contributed by atoms with Crippen molar-refractivity contribution in [2.45, 2.75) is 24.3 Å². The Morgan fingerprint density at radius 3 is 2.19 bits per heavy atom. The molecular formula is C13H19Br2N3O2S. The topological polar surface area (TPSA) is 66.6 Å². The summed E-state index contributed by atoms with van der Waals surface area (Å²) >= 11 is 6.63. The van der Waals surface area contributed by atoms with Crippen LogP contribution in [-0.2, 0) is 10.0 Å². The van der Waals surface area contributed by atoms with E-state index in [4.69, 9.17) is 5.73 Å². The average molecular weight is 441 g/mol. The van der Waals surface area contributed by atoms with Crippen molar-refractivity contribution in [2.24, 2.45) is 0 Å². The minimum absolute atomic E-state index is 0.196. The molecule has 1 aromatic carbocycles. The van der Waals surface area contributed by atoms with Crippen molar-refractivity contribution in [2.75, 3.05) is 32.4 Å². The smallest absolute Gasteiger partial charge is 0.245 e. The molecule has 0 atom stereocenters. The quantitative estimate of drug-likeness (QED) is 0.717. The second-order valence-electron chi connectivity index (χ2n) is 5.89. The lowest BCUT2D eigenvalue weighted by molar-refractivity contribution is 0.0801. The first-order valence-corrected chi connectivity index (χ1v) is 9.54. The third-order valence-electron chi connectivity index (χ3n) is 3.90. The molecule has 1 aliphatic heterocycles. The number of benzene rings is 1. The van der Waals surface area contributed by atoms with Gasteiger partial charge in [0.25, 0.3) is 0 Å². The minimum Gasteiger partial charge on any atom is -0.399 e. The number of nitrogens with two attached hydrogens (primary N) is 1. The van der Waals surface area contributed by atoms with Gasteiger partial charge >= 0.3 is 0 Å². The summed E-state index contributed by atoms with van der Waals surface area (Å²) in [6.45, 7) is 5.72. The van der Waals surface area contributed by atoms with Gasteiger partial charge in [-0.2, -0.15) is 4.31 Å². The van der Waals surface area contributed by atoms with E-state index >= 15 is 0 Å². The van der Waals surface area contributed by atoms with E-state index in [0.717, 1.165) is 0 Å². The predicted molar refractivity (Wildman–Crippen MR) is 91.7 cm³/mol. The van der Waals surface area contributed by atoms with Gasteiger partial charge in [0.2, 0.25) is 10.0 Å². The van der Waals surface area contributed by atoms with Gasteiger partial charge in [-0.1, -0.05) is 0 Å². The number of hydrogen-bond acceptors (Lipinski definition) is 4. The van der Waals surface area contributed by atoms with Crippen LogP contribution in [0.1, 0.15) is 13.8 Å². The molecular weight excluding hydrogens is 422 g/mol. The summed E-state index contributed by atoms with van der Waals surface area (Å²) in [5.74, 6) is 0. The van der Waals surface area contributed by atoms with Gasteiger partial charge < -0.3 is 5.73 Å². The molecule has 118 valence electrons. The van der Waals surface area contributed by atoms with Crippen molar-refractivity contribution in [3.63, 3.8) is 0 Å². The van der Waals surface area contributed by atoms with Gasteiger partial charge in [-0.05, 0) is 64.9 Å². The molecule has 1 aliphatic rings. The first-order valence-electron chi connectivity index (χ1n) is 6.51. The lowest BCUT2D eigenvalue weighted by Crippen LogP contribution is -2.58. The third kappa shape index (κ3) is 3.29. The number of nitrogen functional groups attached to an aromatic ring is 1. The number of sulfonamides is 1. The molecule has 0 aromatic heterocycles. The maximum Gasteiger partial charge on any atom is 0.245 e. The van der Waals surface area contributed by atoms with Crippen LogP contribution >= 0.6 is 31.9 Å². The zero-order valence-electron chi connectivity index (χ0n) is 12.2. The fraction of sp³-hybridized carbons (Fsp3) is 0.538. The van der Waals surface area contributed by atoms with Gasteiger partial charge in [0.15, 0.2) is 0 Å². The molecule has 0 aliphatic carbocycles. The number of anilines is 1. The fourth-order valence-corrected chi connectivity index (χ4v) is 6.48. The number of rotatable bonds is 2. The SMILES string of the molecule is CN1CCN(S(=O)(=O)c2c(Br)cc(N)cc2Br)CC1(C)C. The molecule has 21 heavy (non-hydrogen) atoms. The van der Waals surface area contributed by atoms with Crippen LogP contribution in [0.5, 0.6) is 0 Å². The molecule has 1 heterocycles. The van der Waals surface area contributed by atoms with Crippen molar-refractivity contribution in [1.29, 1.82) is 0 Å². The van der Waals surface area contributed by atoms with E-state index in [-0.39, 0.29) is 10.4 Å². The summed E-state index contributed by atoms with van der Waals surface area (Å²) < 4.78 is 28.4. The first kappa shape index (κ1) is 17.2. The molecule has 8 heteroatoms. The Morgan fingerprint density at radius 2 is 1.71 bits per heavy atom. The number of hydrogen-bond donors (Lipinski definition) is 1. The highest BCUT2D eigenvalue weighted by atomic mass is 79.9. The maximum absolute atomic E-state index is 12.9. The summed E-state index contributed by atoms with van der Waals surface area (Å²) in [6, 6.07) is 3.22. The van der Waals surface area contributed by atoms with Gasteiger partial charge in [0.05, 0.1) is 0 Å². The highest BCUT2D eigenvalue weighted by molar-refractivity contribution is 9.11. The van der Waals surface area contributed by atoms with E-state index < -0.39 is 10.0 Å². The number of halogens is 2. The van der Waals surface area contributed by atoms with Crippen LogP contribution in [0.15, 0.2) is 26.0 Å². The summed E-state index contributed by atoms with van der Waals surface area (Å²) in [4.78, 5) is 2.41. The normalized spacial score (nSPS) is 20.6. The van der Waals surface area contributed by atoms with E-state index in [9.17, 15) is 8.42 Å². The number of piperazine rings is 1. The number of nitrogens with zero attached hydrogens (tertiary/aromatic N) is 2. The molecule has 0 saturated carbocycles. The van der Waals surface area contributed by atoms with Crippen LogP contribution in [0.4, 0.5) is 5.69 Å². The molecule has 0 unspecified atom stereocenters. The van der Waals surface area contributed by atoms with Crippen molar-refractivity contribution in [3.8, 4) is 0 Å². The lowest BCUT2D eigenvalue weighted by Gasteiger charge is -2.44. The van der Waals surface area contributed by atoms with Gasteiger partial charge in [-0.15, -0.1) is 0 Å². The van der Waals surface area contributed by atoms with Gasteiger partial charge in [0.1, 0.15) is 4.90 Å². The van der Waals surface area contributed by atoms with Crippen LogP contribution in [-0.4, -0.2) is 49.8 Å². The molecule has 0 spiro atoms. The minimum atomic E-state index is -3.58. The Hall–Kier alpha value is -0.150. The summed E-state index contributed by atoms with van der Waals surface area (Å²) in [6.07, 6.45) is 0. The standard InChI is InChI=1S/C13H19Br2N3O2S/c1-13(2)8-18(5-4-17(13)3)21(19,20)12-10(14)6-9(16)7-11(12)15/h6-7H,4-5,8,16H2,1-3H3. The second kappa shape index (κ2) is 5.81. The molecule has 5 nitrogen and oxygen atoms in total. The van der Waals surface area contributed by atoms with Crippen molar-refractivity contribution in [1.82, 2.24) is 9.21 Å². The van der Waals surface area contributed by atoms with E-state index in [1.165, 1.54) is 4.31 Å². The van der Waals surface area contributed by atoms with E-state index in [1.807, 2.05) is 20.9 Å². The molecule has 1 fully saturated rings. The lowest BCUT2D eigenvalue weighted by atomic mass is 10.0. The van der Waals surface area contributed by atoms with Crippen LogP contribution in [0, 0.1) is 0 Å². The molecule has 0 radical (unpaired) electrons. The van der Waals surface area contributed by atoms with Crippen molar-refractivity contribution in [3.05, 3.63) is 21.1 Å². The summed E-state index contributed by atoms with van der Waals surface area (Å²) in [7, 11) is -1.56. The van der Waals surface area contributed by atoms with Crippen LogP contribution in [0.25, 0.3) is 0 Å². The molecule has 0 bridgehead atoms. The third-order valence-corrected chi connectivity index (χ3v) is 7.62. The molecule has 1 saturated heterocycles.